The van der Waals surface area contributed by atoms with Gasteiger partial charge in [0.05, 0.1) is 11.3 Å². The number of nitrogens with zero attached hydrogens (tertiary/aromatic N) is 1. The number of aliphatic hydroxyl groups is 1. The number of aryl methyl sites for hydroxylation is 1. The van der Waals surface area contributed by atoms with Crippen LogP contribution < -0.4 is 11.1 Å². The maximum absolute atomic E-state index is 11.9. The molecule has 1 aromatic heterocycles. The van der Waals surface area contributed by atoms with E-state index in [0.29, 0.717) is 28.5 Å². The number of nitrogens with one attached hydrogen (secondary N) is 1. The fourth-order valence-electron chi connectivity index (χ4n) is 1.45. The normalized spacial score (nSPS) is 11.5. The molecule has 4 N–H and O–H groups in total. The van der Waals surface area contributed by atoms with E-state index in [-0.39, 0.29) is 12.5 Å². The molecule has 1 aromatic rings. The van der Waals surface area contributed by atoms with Gasteiger partial charge in [-0.25, -0.2) is 4.98 Å². The SMILES string of the molecule is CCC(O)(CC)CNC(=O)c1sc(N)nc1C. The summed E-state index contributed by atoms with van der Waals surface area (Å²) in [5, 5.41) is 13.2. The van der Waals surface area contributed by atoms with Crippen LogP contribution >= 0.6 is 11.3 Å². The lowest BCUT2D eigenvalue weighted by Gasteiger charge is -2.25. The maximum atomic E-state index is 11.9. The van der Waals surface area contributed by atoms with Crippen LogP contribution in [0.1, 0.15) is 42.1 Å². The van der Waals surface area contributed by atoms with Gasteiger partial charge < -0.3 is 16.2 Å². The number of nitrogens with two attached hydrogens (primary N) is 1. The minimum Gasteiger partial charge on any atom is -0.388 e. The Kier molecular flexibility index (Phi) is 4.47. The average molecular weight is 257 g/mol. The lowest BCUT2D eigenvalue weighted by atomic mass is 9.97. The van der Waals surface area contributed by atoms with Gasteiger partial charge in [0.25, 0.3) is 5.91 Å². The lowest BCUT2D eigenvalue weighted by Crippen LogP contribution is -2.42. The van der Waals surface area contributed by atoms with Gasteiger partial charge in [-0.3, -0.25) is 4.79 Å². The van der Waals surface area contributed by atoms with Crippen molar-refractivity contribution in [3.63, 3.8) is 0 Å². The van der Waals surface area contributed by atoms with Gasteiger partial charge in [-0.1, -0.05) is 25.2 Å². The summed E-state index contributed by atoms with van der Waals surface area (Å²) in [6.45, 7) is 5.78. The van der Waals surface area contributed by atoms with Crippen molar-refractivity contribution >= 4 is 22.4 Å². The van der Waals surface area contributed by atoms with Crippen LogP contribution in [0.3, 0.4) is 0 Å². The second-order valence-electron chi connectivity index (χ2n) is 4.08. The average Bonchev–Trinajstić information content (AvgIpc) is 2.65. The Morgan fingerprint density at radius 1 is 1.53 bits per heavy atom. The van der Waals surface area contributed by atoms with Crippen molar-refractivity contribution in [3.05, 3.63) is 10.6 Å². The molecule has 0 fully saturated rings. The quantitative estimate of drug-likeness (QED) is 0.742. The molecule has 0 saturated carbocycles. The number of amides is 1. The van der Waals surface area contributed by atoms with Crippen LogP contribution in [-0.2, 0) is 0 Å². The first kappa shape index (κ1) is 13.9. The van der Waals surface area contributed by atoms with Gasteiger partial charge in [-0.15, -0.1) is 0 Å². The molecular formula is C11H19N3O2S. The van der Waals surface area contributed by atoms with E-state index in [1.165, 1.54) is 0 Å². The molecule has 0 bridgehead atoms. The summed E-state index contributed by atoms with van der Waals surface area (Å²) in [7, 11) is 0. The standard InChI is InChI=1S/C11H19N3O2S/c1-4-11(16,5-2)6-13-9(15)8-7(3)14-10(12)17-8/h16H,4-6H2,1-3H3,(H2,12,14)(H,13,15). The van der Waals surface area contributed by atoms with Gasteiger partial charge in [0, 0.05) is 6.54 Å². The van der Waals surface area contributed by atoms with Crippen molar-refractivity contribution in [3.8, 4) is 0 Å². The molecule has 1 amide bonds. The zero-order valence-electron chi connectivity index (χ0n) is 10.4. The Labute approximate surface area is 105 Å². The first-order valence-corrected chi connectivity index (χ1v) is 6.47. The Balaban J connectivity index is 2.65. The molecule has 1 heterocycles. The van der Waals surface area contributed by atoms with Crippen molar-refractivity contribution in [2.75, 3.05) is 12.3 Å². The molecule has 0 aliphatic heterocycles. The van der Waals surface area contributed by atoms with Crippen molar-refractivity contribution < 1.29 is 9.90 Å². The number of anilines is 1. The number of carbonyl (C=O) groups is 1. The summed E-state index contributed by atoms with van der Waals surface area (Å²) >= 11 is 1.16. The van der Waals surface area contributed by atoms with E-state index in [9.17, 15) is 9.90 Å². The van der Waals surface area contributed by atoms with Crippen molar-refractivity contribution in [2.45, 2.75) is 39.2 Å². The number of hydrogen-bond acceptors (Lipinski definition) is 5. The molecule has 0 saturated heterocycles. The Hall–Kier alpha value is -1.14. The van der Waals surface area contributed by atoms with E-state index in [0.717, 1.165) is 11.3 Å². The number of nitrogen functional groups attached to an aromatic ring is 1. The van der Waals surface area contributed by atoms with Crippen LogP contribution in [0.5, 0.6) is 0 Å². The first-order chi connectivity index (χ1) is 7.91. The van der Waals surface area contributed by atoms with Crippen molar-refractivity contribution in [1.29, 1.82) is 0 Å². The van der Waals surface area contributed by atoms with Crippen LogP contribution in [0, 0.1) is 6.92 Å². The molecular weight excluding hydrogens is 238 g/mol. The summed E-state index contributed by atoms with van der Waals surface area (Å²) in [5.41, 5.74) is 5.32. The fraction of sp³-hybridized carbons (Fsp3) is 0.636. The minimum absolute atomic E-state index is 0.225. The highest BCUT2D eigenvalue weighted by Crippen LogP contribution is 2.20. The number of thiazole rings is 1. The Bertz CT molecular complexity index is 399. The number of rotatable bonds is 5. The summed E-state index contributed by atoms with van der Waals surface area (Å²) in [4.78, 5) is 16.4. The fourth-order valence-corrected chi connectivity index (χ4v) is 2.20. The van der Waals surface area contributed by atoms with Crippen LogP contribution in [-0.4, -0.2) is 28.1 Å². The van der Waals surface area contributed by atoms with Gasteiger partial charge in [0.1, 0.15) is 4.88 Å². The highest BCUT2D eigenvalue weighted by molar-refractivity contribution is 7.17. The molecule has 0 atom stereocenters. The molecule has 6 heteroatoms. The van der Waals surface area contributed by atoms with Gasteiger partial charge >= 0.3 is 0 Å². The second-order valence-corrected chi connectivity index (χ2v) is 5.11. The molecule has 0 aliphatic carbocycles. The van der Waals surface area contributed by atoms with Gasteiger partial charge in [-0.2, -0.15) is 0 Å². The van der Waals surface area contributed by atoms with Crippen molar-refractivity contribution in [1.82, 2.24) is 10.3 Å². The predicted molar refractivity (Wildman–Crippen MR) is 69.1 cm³/mol. The minimum atomic E-state index is -0.834. The summed E-state index contributed by atoms with van der Waals surface area (Å²) in [6.07, 6.45) is 1.21. The highest BCUT2D eigenvalue weighted by atomic mass is 32.1. The third-order valence-electron chi connectivity index (χ3n) is 2.91. The third kappa shape index (κ3) is 3.41. The summed E-state index contributed by atoms with van der Waals surface area (Å²) in [5.74, 6) is -0.225. The van der Waals surface area contributed by atoms with Crippen LogP contribution in [0.2, 0.25) is 0 Å². The van der Waals surface area contributed by atoms with E-state index in [2.05, 4.69) is 10.3 Å². The molecule has 5 nitrogen and oxygen atoms in total. The molecule has 17 heavy (non-hydrogen) atoms. The van der Waals surface area contributed by atoms with Crippen molar-refractivity contribution in [2.24, 2.45) is 0 Å². The molecule has 0 aliphatic rings. The van der Waals surface area contributed by atoms with Gasteiger partial charge in [0.2, 0.25) is 0 Å². The molecule has 0 radical (unpaired) electrons. The number of hydrogen-bond donors (Lipinski definition) is 3. The molecule has 0 unspecified atom stereocenters. The van der Waals surface area contributed by atoms with Gasteiger partial charge in [-0.05, 0) is 19.8 Å². The Morgan fingerprint density at radius 3 is 2.53 bits per heavy atom. The van der Waals surface area contributed by atoms with E-state index in [1.807, 2.05) is 13.8 Å². The molecule has 0 aromatic carbocycles. The third-order valence-corrected chi connectivity index (χ3v) is 3.90. The summed E-state index contributed by atoms with van der Waals surface area (Å²) < 4.78 is 0. The number of aromatic nitrogens is 1. The zero-order chi connectivity index (χ0) is 13.1. The van der Waals surface area contributed by atoms with E-state index in [1.54, 1.807) is 6.92 Å². The lowest BCUT2D eigenvalue weighted by molar-refractivity contribution is 0.0314. The maximum Gasteiger partial charge on any atom is 0.263 e. The van der Waals surface area contributed by atoms with E-state index < -0.39 is 5.60 Å². The molecule has 0 spiro atoms. The largest absolute Gasteiger partial charge is 0.388 e. The second kappa shape index (κ2) is 5.46. The zero-order valence-corrected chi connectivity index (χ0v) is 11.2. The van der Waals surface area contributed by atoms with Gasteiger partial charge in [0.15, 0.2) is 5.13 Å². The first-order valence-electron chi connectivity index (χ1n) is 5.65. The van der Waals surface area contributed by atoms with E-state index in [4.69, 9.17) is 5.73 Å². The van der Waals surface area contributed by atoms with Crippen LogP contribution in [0.4, 0.5) is 5.13 Å². The monoisotopic (exact) mass is 257 g/mol. The Morgan fingerprint density at radius 2 is 2.12 bits per heavy atom. The predicted octanol–water partition coefficient (Wildman–Crippen LogP) is 1.31. The number of carbonyl (C=O) groups excluding carboxylic acids is 1. The van der Waals surface area contributed by atoms with Crippen LogP contribution in [0.15, 0.2) is 0 Å². The highest BCUT2D eigenvalue weighted by Gasteiger charge is 2.24. The molecule has 96 valence electrons. The van der Waals surface area contributed by atoms with Crippen LogP contribution in [0.25, 0.3) is 0 Å². The van der Waals surface area contributed by atoms with E-state index >= 15 is 0 Å². The summed E-state index contributed by atoms with van der Waals surface area (Å²) in [6, 6.07) is 0. The topological polar surface area (TPSA) is 88.2 Å². The smallest absolute Gasteiger partial charge is 0.263 e. The molecule has 1 rings (SSSR count).